The van der Waals surface area contributed by atoms with Crippen LogP contribution in [0.1, 0.15) is 5.56 Å². The van der Waals surface area contributed by atoms with Gasteiger partial charge < -0.3 is 0 Å². The van der Waals surface area contributed by atoms with Crippen LogP contribution in [-0.2, 0) is 6.18 Å². The number of nitro groups is 1. The minimum Gasteiger partial charge on any atom is -0.258 e. The first-order chi connectivity index (χ1) is 10.1. The van der Waals surface area contributed by atoms with E-state index in [4.69, 9.17) is 34.8 Å². The van der Waals surface area contributed by atoms with E-state index in [1.54, 1.807) is 0 Å². The Hall–Kier alpha value is -1.50. The highest BCUT2D eigenvalue weighted by molar-refractivity contribution is 6.48. The molecule has 22 heavy (non-hydrogen) atoms. The van der Waals surface area contributed by atoms with Crippen LogP contribution in [0.2, 0.25) is 15.1 Å². The number of nitro benzene ring substituents is 1. The molecule has 0 heterocycles. The monoisotopic (exact) mass is 369 g/mol. The van der Waals surface area contributed by atoms with Crippen molar-refractivity contribution in [2.24, 2.45) is 0 Å². The molecule has 0 unspecified atom stereocenters. The van der Waals surface area contributed by atoms with E-state index in [0.29, 0.717) is 0 Å². The zero-order valence-electron chi connectivity index (χ0n) is 10.4. The minimum absolute atomic E-state index is 0.00827. The van der Waals surface area contributed by atoms with Crippen molar-refractivity contribution in [1.29, 1.82) is 0 Å². The van der Waals surface area contributed by atoms with E-state index in [2.05, 4.69) is 0 Å². The Morgan fingerprint density at radius 2 is 1.59 bits per heavy atom. The Morgan fingerprint density at radius 1 is 1.05 bits per heavy atom. The van der Waals surface area contributed by atoms with Gasteiger partial charge in [-0.05, 0) is 17.7 Å². The molecule has 2 aromatic rings. The molecule has 3 nitrogen and oxygen atoms in total. The molecule has 0 aliphatic rings. The molecule has 0 spiro atoms. The lowest BCUT2D eigenvalue weighted by Crippen LogP contribution is -2.11. The Balaban J connectivity index is 2.82. The zero-order valence-corrected chi connectivity index (χ0v) is 12.7. The van der Waals surface area contributed by atoms with Gasteiger partial charge in [0, 0.05) is 11.6 Å². The first-order valence-corrected chi connectivity index (χ1v) is 6.76. The van der Waals surface area contributed by atoms with Crippen LogP contribution in [0.5, 0.6) is 0 Å². The molecule has 0 aromatic heterocycles. The molecule has 0 bridgehead atoms. The molecule has 0 aliphatic carbocycles. The van der Waals surface area contributed by atoms with Crippen molar-refractivity contribution in [3.8, 4) is 11.1 Å². The smallest absolute Gasteiger partial charge is 0.258 e. The fourth-order valence-corrected chi connectivity index (χ4v) is 2.54. The standard InChI is InChI=1S/C13H5Cl3F3NO2/c14-8-4-6(5-9(15)12(8)16)7-2-1-3-10(20(21)22)11(7)13(17,18)19/h1-5H. The van der Waals surface area contributed by atoms with Crippen LogP contribution in [0.3, 0.4) is 0 Å². The van der Waals surface area contributed by atoms with E-state index in [0.717, 1.165) is 18.2 Å². The van der Waals surface area contributed by atoms with Gasteiger partial charge in [-0.1, -0.05) is 46.9 Å². The topological polar surface area (TPSA) is 43.1 Å². The molecule has 0 saturated heterocycles. The summed E-state index contributed by atoms with van der Waals surface area (Å²) in [4.78, 5) is 9.78. The van der Waals surface area contributed by atoms with Crippen molar-refractivity contribution in [1.82, 2.24) is 0 Å². The molecule has 9 heteroatoms. The predicted octanol–water partition coefficient (Wildman–Crippen LogP) is 6.24. The number of benzene rings is 2. The van der Waals surface area contributed by atoms with E-state index in [-0.39, 0.29) is 20.6 Å². The first-order valence-electron chi connectivity index (χ1n) is 5.62. The van der Waals surface area contributed by atoms with Gasteiger partial charge in [0.25, 0.3) is 5.69 Å². The average Bonchev–Trinajstić information content (AvgIpc) is 2.42. The second kappa shape index (κ2) is 5.95. The van der Waals surface area contributed by atoms with Gasteiger partial charge in [0.1, 0.15) is 5.56 Å². The van der Waals surface area contributed by atoms with Crippen LogP contribution in [0.15, 0.2) is 30.3 Å². The van der Waals surface area contributed by atoms with Gasteiger partial charge in [0.2, 0.25) is 0 Å². The van der Waals surface area contributed by atoms with Crippen LogP contribution in [0.4, 0.5) is 18.9 Å². The summed E-state index contributed by atoms with van der Waals surface area (Å²) in [7, 11) is 0. The van der Waals surface area contributed by atoms with Gasteiger partial charge >= 0.3 is 6.18 Å². The quantitative estimate of drug-likeness (QED) is 0.357. The third-order valence-corrected chi connectivity index (χ3v) is 4.01. The maximum absolute atomic E-state index is 13.2. The summed E-state index contributed by atoms with van der Waals surface area (Å²) in [5.41, 5.74) is -2.83. The maximum atomic E-state index is 13.2. The van der Waals surface area contributed by atoms with E-state index < -0.39 is 27.9 Å². The Bertz CT molecular complexity index is 740. The van der Waals surface area contributed by atoms with Gasteiger partial charge in [-0.3, -0.25) is 10.1 Å². The maximum Gasteiger partial charge on any atom is 0.423 e. The van der Waals surface area contributed by atoms with Crippen molar-refractivity contribution < 1.29 is 18.1 Å². The van der Waals surface area contributed by atoms with Crippen molar-refractivity contribution >= 4 is 40.5 Å². The summed E-state index contributed by atoms with van der Waals surface area (Å²) in [6, 6.07) is 5.38. The van der Waals surface area contributed by atoms with Crippen LogP contribution >= 0.6 is 34.8 Å². The molecular weight excluding hydrogens is 366 g/mol. The Kier molecular flexibility index (Phi) is 4.56. The number of rotatable bonds is 2. The van der Waals surface area contributed by atoms with E-state index in [1.807, 2.05) is 0 Å². The zero-order chi connectivity index (χ0) is 16.7. The number of alkyl halides is 3. The lowest BCUT2D eigenvalue weighted by molar-refractivity contribution is -0.388. The van der Waals surface area contributed by atoms with Crippen LogP contribution in [-0.4, -0.2) is 4.92 Å². The molecule has 116 valence electrons. The molecular formula is C13H5Cl3F3NO2. The summed E-state index contributed by atoms with van der Waals surface area (Å²) < 4.78 is 39.7. The second-order valence-corrected chi connectivity index (χ2v) is 5.40. The molecule has 0 radical (unpaired) electrons. The first kappa shape index (κ1) is 16.9. The lowest BCUT2D eigenvalue weighted by atomic mass is 9.98. The minimum atomic E-state index is -4.92. The summed E-state index contributed by atoms with van der Waals surface area (Å²) in [6.07, 6.45) is -4.92. The van der Waals surface area contributed by atoms with Crippen molar-refractivity contribution in [3.63, 3.8) is 0 Å². The van der Waals surface area contributed by atoms with Crippen molar-refractivity contribution in [2.75, 3.05) is 0 Å². The molecule has 0 atom stereocenters. The summed E-state index contributed by atoms with van der Waals surface area (Å²) in [5, 5.41) is 10.8. The van der Waals surface area contributed by atoms with Crippen LogP contribution in [0.25, 0.3) is 11.1 Å². The Morgan fingerprint density at radius 3 is 2.05 bits per heavy atom. The third kappa shape index (κ3) is 3.14. The predicted molar refractivity (Wildman–Crippen MR) is 78.6 cm³/mol. The van der Waals surface area contributed by atoms with Gasteiger partial charge in [-0.15, -0.1) is 0 Å². The molecule has 0 amide bonds. The largest absolute Gasteiger partial charge is 0.423 e. The number of halogens is 6. The van der Waals surface area contributed by atoms with Crippen molar-refractivity contribution in [2.45, 2.75) is 6.18 Å². The third-order valence-electron chi connectivity index (χ3n) is 2.82. The number of hydrogen-bond donors (Lipinski definition) is 0. The Labute approximate surface area is 137 Å². The van der Waals surface area contributed by atoms with E-state index >= 15 is 0 Å². The molecule has 2 rings (SSSR count). The fraction of sp³-hybridized carbons (Fsp3) is 0.0769. The molecule has 0 aliphatic heterocycles. The summed E-state index contributed by atoms with van der Waals surface area (Å²) in [6.45, 7) is 0. The second-order valence-electron chi connectivity index (χ2n) is 4.21. The van der Waals surface area contributed by atoms with Crippen LogP contribution < -0.4 is 0 Å². The van der Waals surface area contributed by atoms with Crippen LogP contribution in [0, 0.1) is 10.1 Å². The highest BCUT2D eigenvalue weighted by Crippen LogP contribution is 2.44. The molecule has 0 fully saturated rings. The van der Waals surface area contributed by atoms with Gasteiger partial charge in [0.05, 0.1) is 20.0 Å². The van der Waals surface area contributed by atoms with E-state index in [9.17, 15) is 23.3 Å². The highest BCUT2D eigenvalue weighted by Gasteiger charge is 2.41. The van der Waals surface area contributed by atoms with Crippen molar-refractivity contribution in [3.05, 3.63) is 61.1 Å². The lowest BCUT2D eigenvalue weighted by Gasteiger charge is -2.14. The number of nitrogens with zero attached hydrogens (tertiary/aromatic N) is 1. The van der Waals surface area contributed by atoms with Gasteiger partial charge in [-0.25, -0.2) is 0 Å². The highest BCUT2D eigenvalue weighted by atomic mass is 35.5. The van der Waals surface area contributed by atoms with Gasteiger partial charge in [0.15, 0.2) is 0 Å². The molecule has 0 saturated carbocycles. The molecule has 0 N–H and O–H groups in total. The summed E-state index contributed by atoms with van der Waals surface area (Å²) in [5.74, 6) is 0. The van der Waals surface area contributed by atoms with E-state index in [1.165, 1.54) is 12.1 Å². The normalized spacial score (nSPS) is 11.5. The molecule has 2 aromatic carbocycles. The van der Waals surface area contributed by atoms with Gasteiger partial charge in [-0.2, -0.15) is 13.2 Å². The SMILES string of the molecule is O=[N+]([O-])c1cccc(-c2cc(Cl)c(Cl)c(Cl)c2)c1C(F)(F)F. The number of hydrogen-bond acceptors (Lipinski definition) is 2. The average molecular weight is 371 g/mol. The fourth-order valence-electron chi connectivity index (χ4n) is 1.94. The summed E-state index contributed by atoms with van der Waals surface area (Å²) >= 11 is 17.4.